The number of fused-ring (bicyclic) bond motifs is 1. The van der Waals surface area contributed by atoms with Gasteiger partial charge in [0.05, 0.1) is 11.4 Å². The predicted molar refractivity (Wildman–Crippen MR) is 96.1 cm³/mol. The monoisotopic (exact) mass is 353 g/mol. The van der Waals surface area contributed by atoms with Gasteiger partial charge in [0.2, 0.25) is 0 Å². The van der Waals surface area contributed by atoms with Crippen molar-refractivity contribution in [3.05, 3.63) is 46.1 Å². The first-order valence-electron chi connectivity index (χ1n) is 8.53. The van der Waals surface area contributed by atoms with Crippen molar-refractivity contribution >= 4 is 22.8 Å². The summed E-state index contributed by atoms with van der Waals surface area (Å²) in [5.74, 6) is 0.644. The van der Waals surface area contributed by atoms with Crippen molar-refractivity contribution in [2.24, 2.45) is 0 Å². The number of nitrogens with one attached hydrogen (secondary N) is 3. The molecule has 9 heteroatoms. The number of anilines is 1. The van der Waals surface area contributed by atoms with Crippen molar-refractivity contribution in [3.63, 3.8) is 0 Å². The van der Waals surface area contributed by atoms with E-state index >= 15 is 0 Å². The number of hydrogen-bond donors (Lipinski definition) is 3. The molecule has 26 heavy (non-hydrogen) atoms. The van der Waals surface area contributed by atoms with Gasteiger partial charge in [-0.25, -0.2) is 9.78 Å². The molecule has 3 heterocycles. The number of para-hydroxylation sites is 1. The van der Waals surface area contributed by atoms with Crippen LogP contribution < -0.4 is 10.9 Å². The van der Waals surface area contributed by atoms with Crippen LogP contribution in [-0.2, 0) is 0 Å². The Morgan fingerprint density at radius 3 is 3.08 bits per heavy atom. The van der Waals surface area contributed by atoms with Gasteiger partial charge in [-0.15, -0.1) is 0 Å². The minimum atomic E-state index is -0.188. The molecule has 3 N–H and O–H groups in total. The maximum atomic E-state index is 12.7. The molecule has 0 spiro atoms. The molecular formula is C17H19N7O2. The van der Waals surface area contributed by atoms with E-state index < -0.39 is 0 Å². The lowest BCUT2D eigenvalue weighted by atomic mass is 9.94. The van der Waals surface area contributed by atoms with Crippen LogP contribution in [0.5, 0.6) is 0 Å². The molecule has 1 fully saturated rings. The van der Waals surface area contributed by atoms with Crippen molar-refractivity contribution in [2.75, 3.05) is 18.4 Å². The Balaban J connectivity index is 1.51. The molecule has 0 unspecified atom stereocenters. The minimum Gasteiger partial charge on any atom is -0.324 e. The van der Waals surface area contributed by atoms with Gasteiger partial charge < -0.3 is 15.2 Å². The minimum absolute atomic E-state index is 0.0540. The third-order valence-corrected chi connectivity index (χ3v) is 4.60. The number of H-pyrrole nitrogens is 2. The Bertz CT molecular complexity index is 1010. The SMILES string of the molecule is Cc1nc([C@H]2CCCN(C(=O)Nc3cccc4n[nH]nc34)C2)cc(=O)[nH]1. The third-order valence-electron chi connectivity index (χ3n) is 4.60. The molecule has 1 aliphatic heterocycles. The number of carbonyl (C=O) groups is 1. The molecule has 4 rings (SSSR count). The lowest BCUT2D eigenvalue weighted by molar-refractivity contribution is 0.192. The maximum absolute atomic E-state index is 12.7. The number of aromatic amines is 2. The standard InChI is InChI=1S/C17H19N7O2/c1-10-18-14(8-15(25)19-10)11-4-3-7-24(9-11)17(26)20-12-5-2-6-13-16(12)22-23-21-13/h2,5-6,8,11H,3-4,7,9H2,1H3,(H,20,26)(H,18,19,25)(H,21,22,23)/t11-/m0/s1. The summed E-state index contributed by atoms with van der Waals surface area (Å²) >= 11 is 0. The summed E-state index contributed by atoms with van der Waals surface area (Å²) in [5, 5.41) is 13.6. The first-order chi connectivity index (χ1) is 12.6. The Hall–Kier alpha value is -3.23. The largest absolute Gasteiger partial charge is 0.324 e. The summed E-state index contributed by atoms with van der Waals surface area (Å²) in [6.45, 7) is 2.95. The number of aryl methyl sites for hydroxylation is 1. The molecule has 3 aromatic rings. The highest BCUT2D eigenvalue weighted by Crippen LogP contribution is 2.26. The predicted octanol–water partition coefficient (Wildman–Crippen LogP) is 1.76. The Labute approximate surface area is 148 Å². The fourth-order valence-electron chi connectivity index (χ4n) is 3.38. The van der Waals surface area contributed by atoms with Gasteiger partial charge in [-0.05, 0) is 31.9 Å². The van der Waals surface area contributed by atoms with Crippen LogP contribution in [0.2, 0.25) is 0 Å². The molecule has 134 valence electrons. The van der Waals surface area contributed by atoms with Crippen molar-refractivity contribution < 1.29 is 4.79 Å². The fourth-order valence-corrected chi connectivity index (χ4v) is 3.38. The van der Waals surface area contributed by atoms with Crippen LogP contribution >= 0.6 is 0 Å². The number of aromatic nitrogens is 5. The quantitative estimate of drug-likeness (QED) is 0.648. The van der Waals surface area contributed by atoms with Gasteiger partial charge in [0.15, 0.2) is 0 Å². The molecule has 1 saturated heterocycles. The van der Waals surface area contributed by atoms with Crippen molar-refractivity contribution in [1.82, 2.24) is 30.3 Å². The average molecular weight is 353 g/mol. The van der Waals surface area contributed by atoms with Gasteiger partial charge in [0.25, 0.3) is 5.56 Å². The molecule has 1 aromatic carbocycles. The number of benzene rings is 1. The van der Waals surface area contributed by atoms with E-state index in [9.17, 15) is 9.59 Å². The van der Waals surface area contributed by atoms with Crippen LogP contribution in [0.4, 0.5) is 10.5 Å². The number of amides is 2. The average Bonchev–Trinajstić information content (AvgIpc) is 3.11. The highest BCUT2D eigenvalue weighted by Gasteiger charge is 2.26. The topological polar surface area (TPSA) is 120 Å². The number of hydrogen-bond acceptors (Lipinski definition) is 5. The number of piperidine rings is 1. The second kappa shape index (κ2) is 6.58. The Morgan fingerprint density at radius 2 is 2.23 bits per heavy atom. The number of rotatable bonds is 2. The summed E-state index contributed by atoms with van der Waals surface area (Å²) in [6, 6.07) is 6.78. The summed E-state index contributed by atoms with van der Waals surface area (Å²) in [6.07, 6.45) is 1.76. The van der Waals surface area contributed by atoms with E-state index in [4.69, 9.17) is 0 Å². The highest BCUT2D eigenvalue weighted by atomic mass is 16.2. The van der Waals surface area contributed by atoms with Gasteiger partial charge in [-0.1, -0.05) is 6.07 Å². The van der Waals surface area contributed by atoms with Crippen LogP contribution in [-0.4, -0.2) is 49.4 Å². The fraction of sp³-hybridized carbons (Fsp3) is 0.353. The zero-order chi connectivity index (χ0) is 18.1. The number of urea groups is 1. The molecule has 2 aromatic heterocycles. The van der Waals surface area contributed by atoms with E-state index in [0.717, 1.165) is 18.5 Å². The van der Waals surface area contributed by atoms with Crippen LogP contribution in [0, 0.1) is 6.92 Å². The molecule has 0 bridgehead atoms. The zero-order valence-corrected chi connectivity index (χ0v) is 14.3. The summed E-state index contributed by atoms with van der Waals surface area (Å²) in [7, 11) is 0. The van der Waals surface area contributed by atoms with Crippen molar-refractivity contribution in [1.29, 1.82) is 0 Å². The van der Waals surface area contributed by atoms with E-state index in [1.807, 2.05) is 12.1 Å². The second-order valence-corrected chi connectivity index (χ2v) is 6.47. The van der Waals surface area contributed by atoms with Gasteiger partial charge in [0, 0.05) is 25.1 Å². The normalized spacial score (nSPS) is 17.4. The van der Waals surface area contributed by atoms with Crippen LogP contribution in [0.15, 0.2) is 29.1 Å². The third kappa shape index (κ3) is 3.15. The summed E-state index contributed by atoms with van der Waals surface area (Å²) in [5.41, 5.74) is 2.52. The molecule has 1 aliphatic rings. The molecule has 1 atom stereocenters. The molecule has 0 aliphatic carbocycles. The van der Waals surface area contributed by atoms with Crippen LogP contribution in [0.1, 0.15) is 30.3 Å². The lowest BCUT2D eigenvalue weighted by Crippen LogP contribution is -2.42. The molecule has 2 amide bonds. The molecular weight excluding hydrogens is 334 g/mol. The van der Waals surface area contributed by atoms with Crippen LogP contribution in [0.3, 0.4) is 0 Å². The maximum Gasteiger partial charge on any atom is 0.321 e. The van der Waals surface area contributed by atoms with E-state index in [0.29, 0.717) is 35.6 Å². The second-order valence-electron chi connectivity index (χ2n) is 6.47. The number of likely N-dealkylation sites (tertiary alicyclic amines) is 1. The summed E-state index contributed by atoms with van der Waals surface area (Å²) in [4.78, 5) is 33.3. The van der Waals surface area contributed by atoms with E-state index in [1.165, 1.54) is 6.07 Å². The molecule has 9 nitrogen and oxygen atoms in total. The van der Waals surface area contributed by atoms with Crippen molar-refractivity contribution in [3.8, 4) is 0 Å². The number of nitrogens with zero attached hydrogens (tertiary/aromatic N) is 4. The molecule has 0 saturated carbocycles. The highest BCUT2D eigenvalue weighted by molar-refractivity contribution is 5.98. The smallest absolute Gasteiger partial charge is 0.321 e. The van der Waals surface area contributed by atoms with Gasteiger partial charge in [-0.3, -0.25) is 4.79 Å². The van der Waals surface area contributed by atoms with E-state index in [-0.39, 0.29) is 17.5 Å². The van der Waals surface area contributed by atoms with Gasteiger partial charge in [0.1, 0.15) is 16.9 Å². The first kappa shape index (κ1) is 16.2. The van der Waals surface area contributed by atoms with Gasteiger partial charge >= 0.3 is 6.03 Å². The van der Waals surface area contributed by atoms with Gasteiger partial charge in [-0.2, -0.15) is 15.4 Å². The van der Waals surface area contributed by atoms with Crippen LogP contribution in [0.25, 0.3) is 11.0 Å². The molecule has 0 radical (unpaired) electrons. The summed E-state index contributed by atoms with van der Waals surface area (Å²) < 4.78 is 0. The lowest BCUT2D eigenvalue weighted by Gasteiger charge is -2.32. The van der Waals surface area contributed by atoms with E-state index in [2.05, 4.69) is 30.7 Å². The Morgan fingerprint density at radius 1 is 1.35 bits per heavy atom. The zero-order valence-electron chi connectivity index (χ0n) is 14.3. The van der Waals surface area contributed by atoms with E-state index in [1.54, 1.807) is 17.9 Å². The first-order valence-corrected chi connectivity index (χ1v) is 8.53. The number of carbonyl (C=O) groups excluding carboxylic acids is 1. The Kier molecular flexibility index (Phi) is 4.11. The van der Waals surface area contributed by atoms with Crippen molar-refractivity contribution in [2.45, 2.75) is 25.7 Å².